The topological polar surface area (TPSA) is 52.6 Å². The van der Waals surface area contributed by atoms with E-state index in [2.05, 4.69) is 46.5 Å². The molecule has 1 heterocycles. The molecular weight excluding hydrogens is 425 g/mol. The van der Waals surface area contributed by atoms with Crippen molar-refractivity contribution < 1.29 is 0 Å². The summed E-state index contributed by atoms with van der Waals surface area (Å²) in [6.45, 7) is 4.50. The number of rotatable bonds is 7. The molecule has 0 aliphatic heterocycles. The van der Waals surface area contributed by atoms with Crippen LogP contribution in [-0.2, 0) is 6.54 Å². The molecule has 142 valence electrons. The average molecular weight is 459 g/mol. The number of aliphatic imine (C=N–C) groups is 1. The summed E-state index contributed by atoms with van der Waals surface area (Å²) in [5, 5.41) is 6.88. The molecule has 0 radical (unpaired) electrons. The summed E-state index contributed by atoms with van der Waals surface area (Å²) >= 11 is 0. The lowest BCUT2D eigenvalue weighted by atomic mass is 9.83. The Morgan fingerprint density at radius 3 is 2.60 bits per heavy atom. The predicted molar refractivity (Wildman–Crippen MR) is 117 cm³/mol. The van der Waals surface area contributed by atoms with Crippen LogP contribution < -0.4 is 10.6 Å². The molecule has 25 heavy (non-hydrogen) atoms. The standard InChI is InChI=1S/C19H33N5.HI/c1-4-20-19(22-14-17-12-8-9-13-21-17)23-15-18(24(2)3)16-10-6-5-7-11-16;/h8-9,12-13,16,18H,4-7,10-11,14-15H2,1-3H3,(H2,20,22,23);1H. The van der Waals surface area contributed by atoms with Crippen molar-refractivity contribution in [3.63, 3.8) is 0 Å². The monoisotopic (exact) mass is 459 g/mol. The van der Waals surface area contributed by atoms with Crippen LogP contribution in [0.1, 0.15) is 44.7 Å². The summed E-state index contributed by atoms with van der Waals surface area (Å²) in [5.41, 5.74) is 0.992. The Labute approximate surface area is 170 Å². The molecular formula is C19H34IN5. The summed E-state index contributed by atoms with van der Waals surface area (Å²) in [7, 11) is 4.39. The van der Waals surface area contributed by atoms with E-state index in [1.165, 1.54) is 32.1 Å². The SMILES string of the molecule is CCNC(=NCc1ccccn1)NCC(C1CCCCC1)N(C)C.I. The average Bonchev–Trinajstić information content (AvgIpc) is 2.61. The van der Waals surface area contributed by atoms with E-state index in [9.17, 15) is 0 Å². The zero-order valence-electron chi connectivity index (χ0n) is 15.9. The fraction of sp³-hybridized carbons (Fsp3) is 0.684. The maximum atomic E-state index is 4.67. The van der Waals surface area contributed by atoms with E-state index in [-0.39, 0.29) is 24.0 Å². The molecule has 1 aliphatic rings. The fourth-order valence-corrected chi connectivity index (χ4v) is 3.48. The van der Waals surface area contributed by atoms with E-state index >= 15 is 0 Å². The van der Waals surface area contributed by atoms with Gasteiger partial charge in [0, 0.05) is 25.3 Å². The Bertz CT molecular complexity index is 486. The number of nitrogens with one attached hydrogen (secondary N) is 2. The molecule has 0 aromatic carbocycles. The zero-order chi connectivity index (χ0) is 17.2. The van der Waals surface area contributed by atoms with Gasteiger partial charge in [-0.05, 0) is 51.9 Å². The van der Waals surface area contributed by atoms with Crippen LogP contribution in [0, 0.1) is 5.92 Å². The van der Waals surface area contributed by atoms with Crippen LogP contribution >= 0.6 is 24.0 Å². The normalized spacial score (nSPS) is 17.0. The van der Waals surface area contributed by atoms with E-state index < -0.39 is 0 Å². The number of halogens is 1. The van der Waals surface area contributed by atoms with Crippen LogP contribution in [0.25, 0.3) is 0 Å². The Kier molecular flexibility index (Phi) is 11.0. The highest BCUT2D eigenvalue weighted by Crippen LogP contribution is 2.28. The van der Waals surface area contributed by atoms with Gasteiger partial charge in [-0.3, -0.25) is 4.98 Å². The summed E-state index contributed by atoms with van der Waals surface area (Å²) < 4.78 is 0. The molecule has 5 nitrogen and oxygen atoms in total. The minimum Gasteiger partial charge on any atom is -0.357 e. The van der Waals surface area contributed by atoms with Gasteiger partial charge < -0.3 is 15.5 Å². The van der Waals surface area contributed by atoms with Crippen molar-refractivity contribution in [1.82, 2.24) is 20.5 Å². The number of hydrogen-bond acceptors (Lipinski definition) is 3. The third-order valence-electron chi connectivity index (χ3n) is 4.81. The second-order valence-electron chi connectivity index (χ2n) is 6.83. The third-order valence-corrected chi connectivity index (χ3v) is 4.81. The molecule has 0 bridgehead atoms. The molecule has 1 aromatic rings. The molecule has 1 saturated carbocycles. The van der Waals surface area contributed by atoms with Gasteiger partial charge in [-0.15, -0.1) is 24.0 Å². The molecule has 1 unspecified atom stereocenters. The Morgan fingerprint density at radius 2 is 2.00 bits per heavy atom. The number of hydrogen-bond donors (Lipinski definition) is 2. The maximum absolute atomic E-state index is 4.67. The summed E-state index contributed by atoms with van der Waals surface area (Å²) in [5.74, 6) is 1.67. The summed E-state index contributed by atoms with van der Waals surface area (Å²) in [4.78, 5) is 11.4. The molecule has 1 fully saturated rings. The maximum Gasteiger partial charge on any atom is 0.191 e. The first-order chi connectivity index (χ1) is 11.7. The molecule has 0 amide bonds. The van der Waals surface area contributed by atoms with E-state index in [4.69, 9.17) is 0 Å². The second kappa shape index (κ2) is 12.5. The van der Waals surface area contributed by atoms with Crippen molar-refractivity contribution in [1.29, 1.82) is 0 Å². The first-order valence-corrected chi connectivity index (χ1v) is 9.29. The Hall–Kier alpha value is -0.890. The highest BCUT2D eigenvalue weighted by atomic mass is 127. The molecule has 0 saturated heterocycles. The van der Waals surface area contributed by atoms with Gasteiger partial charge in [0.05, 0.1) is 12.2 Å². The largest absolute Gasteiger partial charge is 0.357 e. The lowest BCUT2D eigenvalue weighted by molar-refractivity contribution is 0.171. The summed E-state index contributed by atoms with van der Waals surface area (Å²) in [6, 6.07) is 6.51. The van der Waals surface area contributed by atoms with Gasteiger partial charge in [0.1, 0.15) is 0 Å². The number of aromatic nitrogens is 1. The number of guanidine groups is 1. The van der Waals surface area contributed by atoms with Crippen molar-refractivity contribution in [3.05, 3.63) is 30.1 Å². The minimum atomic E-state index is 0. The number of likely N-dealkylation sites (N-methyl/N-ethyl adjacent to an activating group) is 1. The van der Waals surface area contributed by atoms with Crippen molar-refractivity contribution in [2.45, 2.75) is 51.6 Å². The van der Waals surface area contributed by atoms with Crippen molar-refractivity contribution in [2.24, 2.45) is 10.9 Å². The van der Waals surface area contributed by atoms with E-state index in [1.807, 2.05) is 24.4 Å². The molecule has 6 heteroatoms. The quantitative estimate of drug-likeness (QED) is 0.374. The van der Waals surface area contributed by atoms with E-state index in [1.54, 1.807) is 0 Å². The summed E-state index contributed by atoms with van der Waals surface area (Å²) in [6.07, 6.45) is 8.68. The van der Waals surface area contributed by atoms with E-state index in [0.29, 0.717) is 12.6 Å². The Morgan fingerprint density at radius 1 is 1.24 bits per heavy atom. The number of nitrogens with zero attached hydrogens (tertiary/aromatic N) is 3. The van der Waals surface area contributed by atoms with Crippen LogP contribution in [0.15, 0.2) is 29.4 Å². The molecule has 1 aromatic heterocycles. The Balaban J connectivity index is 0.00000312. The first kappa shape index (κ1) is 22.2. The molecule has 0 spiro atoms. The van der Waals surface area contributed by atoms with Gasteiger partial charge in [-0.1, -0.05) is 25.3 Å². The second-order valence-corrected chi connectivity index (χ2v) is 6.83. The highest BCUT2D eigenvalue weighted by Gasteiger charge is 2.25. The van der Waals surface area contributed by atoms with Crippen LogP contribution in [0.2, 0.25) is 0 Å². The first-order valence-electron chi connectivity index (χ1n) is 9.29. The van der Waals surface area contributed by atoms with Gasteiger partial charge in [0.15, 0.2) is 5.96 Å². The van der Waals surface area contributed by atoms with Crippen molar-refractivity contribution in [3.8, 4) is 0 Å². The minimum absolute atomic E-state index is 0. The molecule has 2 N–H and O–H groups in total. The predicted octanol–water partition coefficient (Wildman–Crippen LogP) is 3.27. The zero-order valence-corrected chi connectivity index (χ0v) is 18.2. The van der Waals surface area contributed by atoms with Gasteiger partial charge in [0.2, 0.25) is 0 Å². The van der Waals surface area contributed by atoms with Gasteiger partial charge in [-0.25, -0.2) is 4.99 Å². The molecule has 1 aliphatic carbocycles. The van der Waals surface area contributed by atoms with Crippen molar-refractivity contribution >= 4 is 29.9 Å². The van der Waals surface area contributed by atoms with Crippen LogP contribution in [0.3, 0.4) is 0 Å². The smallest absolute Gasteiger partial charge is 0.191 e. The fourth-order valence-electron chi connectivity index (χ4n) is 3.48. The van der Waals surface area contributed by atoms with Crippen LogP contribution in [-0.4, -0.2) is 49.1 Å². The van der Waals surface area contributed by atoms with Crippen LogP contribution in [0.4, 0.5) is 0 Å². The molecule has 1 atom stereocenters. The van der Waals surface area contributed by atoms with Crippen molar-refractivity contribution in [2.75, 3.05) is 27.2 Å². The molecule has 2 rings (SSSR count). The lowest BCUT2D eigenvalue weighted by Crippen LogP contribution is -2.48. The van der Waals surface area contributed by atoms with Gasteiger partial charge in [-0.2, -0.15) is 0 Å². The van der Waals surface area contributed by atoms with Crippen LogP contribution in [0.5, 0.6) is 0 Å². The van der Waals surface area contributed by atoms with Gasteiger partial charge >= 0.3 is 0 Å². The lowest BCUT2D eigenvalue weighted by Gasteiger charge is -2.35. The highest BCUT2D eigenvalue weighted by molar-refractivity contribution is 14.0. The third kappa shape index (κ3) is 7.90. The van der Waals surface area contributed by atoms with Gasteiger partial charge in [0.25, 0.3) is 0 Å². The number of pyridine rings is 1. The van der Waals surface area contributed by atoms with E-state index in [0.717, 1.165) is 30.7 Å².